The first-order valence-electron chi connectivity index (χ1n) is 9.74. The molecular formula is C24H26N4O2. The lowest BCUT2D eigenvalue weighted by molar-refractivity contribution is -0.114. The van der Waals surface area contributed by atoms with Crippen LogP contribution in [0.15, 0.2) is 53.6 Å². The number of rotatable bonds is 5. The van der Waals surface area contributed by atoms with Crippen molar-refractivity contribution < 1.29 is 9.59 Å². The van der Waals surface area contributed by atoms with Crippen molar-refractivity contribution in [3.05, 3.63) is 82.2 Å². The molecule has 0 saturated carbocycles. The number of carbonyl (C=O) groups is 2. The van der Waals surface area contributed by atoms with Crippen molar-refractivity contribution in [3.8, 4) is 5.69 Å². The van der Waals surface area contributed by atoms with Gasteiger partial charge in [0.15, 0.2) is 0 Å². The van der Waals surface area contributed by atoms with Gasteiger partial charge in [-0.1, -0.05) is 24.3 Å². The quantitative estimate of drug-likeness (QED) is 0.489. The molecule has 3 aromatic rings. The number of hydrogen-bond acceptors (Lipinski definition) is 3. The number of aryl methyl sites for hydroxylation is 3. The van der Waals surface area contributed by atoms with Gasteiger partial charge in [-0.15, -0.1) is 0 Å². The summed E-state index contributed by atoms with van der Waals surface area (Å²) in [6, 6.07) is 15.0. The summed E-state index contributed by atoms with van der Waals surface area (Å²) in [4.78, 5) is 23.6. The predicted octanol–water partition coefficient (Wildman–Crippen LogP) is 4.43. The van der Waals surface area contributed by atoms with E-state index in [4.69, 9.17) is 0 Å². The molecule has 0 aliphatic rings. The highest BCUT2D eigenvalue weighted by atomic mass is 16.2. The molecule has 2 amide bonds. The number of carbonyl (C=O) groups excluding carboxylic acids is 2. The van der Waals surface area contributed by atoms with E-state index < -0.39 is 0 Å². The second-order valence-corrected chi connectivity index (χ2v) is 7.36. The Labute approximate surface area is 176 Å². The molecule has 1 aromatic heterocycles. The molecule has 0 bridgehead atoms. The van der Waals surface area contributed by atoms with E-state index in [2.05, 4.69) is 59.4 Å². The number of nitrogens with zero attached hydrogens (tertiary/aromatic N) is 2. The summed E-state index contributed by atoms with van der Waals surface area (Å²) in [5.41, 5.74) is 10.2. The van der Waals surface area contributed by atoms with Crippen molar-refractivity contribution in [2.45, 2.75) is 34.6 Å². The standard InChI is InChI=1S/C24H26N4O2/c1-15-8-6-9-16(2)23(15)28-17(3)12-21(18(28)4)14-25-27-24(30)20-10-7-11-22(13-20)26-19(5)29/h6-14H,1-5H3,(H,26,29)(H,27,30). The Bertz CT molecular complexity index is 1120. The van der Waals surface area contributed by atoms with Gasteiger partial charge in [0, 0.05) is 35.1 Å². The van der Waals surface area contributed by atoms with Crippen LogP contribution in [0.5, 0.6) is 0 Å². The number of nitrogens with one attached hydrogen (secondary N) is 2. The van der Waals surface area contributed by atoms with Crippen LogP contribution in [-0.2, 0) is 4.79 Å². The highest BCUT2D eigenvalue weighted by Crippen LogP contribution is 2.25. The summed E-state index contributed by atoms with van der Waals surface area (Å²) >= 11 is 0. The molecule has 2 aromatic carbocycles. The van der Waals surface area contributed by atoms with Crippen molar-refractivity contribution in [2.75, 3.05) is 5.32 Å². The lowest BCUT2D eigenvalue weighted by Crippen LogP contribution is -2.18. The van der Waals surface area contributed by atoms with Crippen LogP contribution in [0.25, 0.3) is 5.69 Å². The molecule has 3 rings (SSSR count). The van der Waals surface area contributed by atoms with E-state index in [1.54, 1.807) is 30.5 Å². The third-order valence-electron chi connectivity index (χ3n) is 4.95. The molecule has 1 heterocycles. The van der Waals surface area contributed by atoms with Crippen LogP contribution < -0.4 is 10.7 Å². The highest BCUT2D eigenvalue weighted by Gasteiger charge is 2.13. The van der Waals surface area contributed by atoms with Gasteiger partial charge in [0.25, 0.3) is 5.91 Å². The molecule has 0 radical (unpaired) electrons. The smallest absolute Gasteiger partial charge is 0.271 e. The third kappa shape index (κ3) is 4.49. The minimum Gasteiger partial charge on any atom is -0.326 e. The molecule has 6 heteroatoms. The molecular weight excluding hydrogens is 376 g/mol. The third-order valence-corrected chi connectivity index (χ3v) is 4.95. The van der Waals surface area contributed by atoms with Gasteiger partial charge >= 0.3 is 0 Å². The molecule has 154 valence electrons. The van der Waals surface area contributed by atoms with Crippen LogP contribution in [0, 0.1) is 27.7 Å². The van der Waals surface area contributed by atoms with Gasteiger partial charge in [-0.3, -0.25) is 9.59 Å². The fourth-order valence-electron chi connectivity index (χ4n) is 3.59. The van der Waals surface area contributed by atoms with Gasteiger partial charge < -0.3 is 9.88 Å². The molecule has 0 fully saturated rings. The zero-order chi connectivity index (χ0) is 21.8. The van der Waals surface area contributed by atoms with E-state index >= 15 is 0 Å². The Balaban J connectivity index is 1.79. The van der Waals surface area contributed by atoms with E-state index in [0.29, 0.717) is 11.3 Å². The molecule has 2 N–H and O–H groups in total. The molecule has 0 spiro atoms. The summed E-state index contributed by atoms with van der Waals surface area (Å²) in [5, 5.41) is 6.80. The van der Waals surface area contributed by atoms with E-state index in [1.807, 2.05) is 13.0 Å². The van der Waals surface area contributed by atoms with Crippen molar-refractivity contribution in [3.63, 3.8) is 0 Å². The van der Waals surface area contributed by atoms with Crippen molar-refractivity contribution >= 4 is 23.7 Å². The number of benzene rings is 2. The van der Waals surface area contributed by atoms with Crippen LogP contribution in [-0.4, -0.2) is 22.6 Å². The van der Waals surface area contributed by atoms with E-state index in [9.17, 15) is 9.59 Å². The fourth-order valence-corrected chi connectivity index (χ4v) is 3.59. The summed E-state index contributed by atoms with van der Waals surface area (Å²) in [5.74, 6) is -0.535. The Morgan fingerprint density at radius 2 is 1.63 bits per heavy atom. The van der Waals surface area contributed by atoms with Crippen molar-refractivity contribution in [2.24, 2.45) is 5.10 Å². The van der Waals surface area contributed by atoms with Gasteiger partial charge in [0.05, 0.1) is 11.9 Å². The normalized spacial score (nSPS) is 11.0. The monoisotopic (exact) mass is 402 g/mol. The summed E-state index contributed by atoms with van der Waals surface area (Å²) < 4.78 is 2.21. The molecule has 0 aliphatic heterocycles. The lowest BCUT2D eigenvalue weighted by atomic mass is 10.1. The second-order valence-electron chi connectivity index (χ2n) is 7.36. The first kappa shape index (κ1) is 21.0. The topological polar surface area (TPSA) is 75.5 Å². The average molecular weight is 402 g/mol. The van der Waals surface area contributed by atoms with Gasteiger partial charge in [0.2, 0.25) is 5.91 Å². The first-order valence-corrected chi connectivity index (χ1v) is 9.74. The summed E-state index contributed by atoms with van der Waals surface area (Å²) in [6.45, 7) is 9.72. The number of hydrazone groups is 1. The highest BCUT2D eigenvalue weighted by molar-refractivity contribution is 5.97. The Morgan fingerprint density at radius 1 is 0.967 bits per heavy atom. The Kier molecular flexibility index (Phi) is 6.16. The van der Waals surface area contributed by atoms with Crippen LogP contribution in [0.2, 0.25) is 0 Å². The molecule has 0 aliphatic carbocycles. The number of para-hydroxylation sites is 1. The van der Waals surface area contributed by atoms with Gasteiger partial charge in [-0.05, 0) is 63.1 Å². The van der Waals surface area contributed by atoms with Crippen LogP contribution in [0.4, 0.5) is 5.69 Å². The molecule has 6 nitrogen and oxygen atoms in total. The number of amides is 2. The molecule has 30 heavy (non-hydrogen) atoms. The minimum atomic E-state index is -0.345. The Morgan fingerprint density at radius 3 is 2.30 bits per heavy atom. The van der Waals surface area contributed by atoms with E-state index in [0.717, 1.165) is 17.0 Å². The number of anilines is 1. The maximum atomic E-state index is 12.4. The first-order chi connectivity index (χ1) is 14.3. The zero-order valence-electron chi connectivity index (χ0n) is 17.9. The second kappa shape index (κ2) is 8.78. The van der Waals surface area contributed by atoms with Crippen LogP contribution in [0.3, 0.4) is 0 Å². The zero-order valence-corrected chi connectivity index (χ0v) is 17.9. The van der Waals surface area contributed by atoms with Crippen molar-refractivity contribution in [1.82, 2.24) is 9.99 Å². The molecule has 0 unspecified atom stereocenters. The molecule has 0 atom stereocenters. The Hall–Kier alpha value is -3.67. The summed E-state index contributed by atoms with van der Waals surface area (Å²) in [6.07, 6.45) is 1.65. The summed E-state index contributed by atoms with van der Waals surface area (Å²) in [7, 11) is 0. The van der Waals surface area contributed by atoms with E-state index in [-0.39, 0.29) is 11.8 Å². The van der Waals surface area contributed by atoms with Crippen LogP contribution in [0.1, 0.15) is 45.4 Å². The van der Waals surface area contributed by atoms with Gasteiger partial charge in [-0.25, -0.2) is 5.43 Å². The minimum absolute atomic E-state index is 0.190. The predicted molar refractivity (Wildman–Crippen MR) is 121 cm³/mol. The maximum absolute atomic E-state index is 12.4. The van der Waals surface area contributed by atoms with Crippen molar-refractivity contribution in [1.29, 1.82) is 0 Å². The number of aromatic nitrogens is 1. The van der Waals surface area contributed by atoms with Gasteiger partial charge in [0.1, 0.15) is 0 Å². The van der Waals surface area contributed by atoms with Gasteiger partial charge in [-0.2, -0.15) is 5.10 Å². The number of hydrogen-bond donors (Lipinski definition) is 2. The SMILES string of the molecule is CC(=O)Nc1cccc(C(=O)NN=Cc2cc(C)n(-c3c(C)cccc3C)c2C)c1. The average Bonchev–Trinajstić information content (AvgIpc) is 2.95. The molecule has 0 saturated heterocycles. The fraction of sp³-hybridized carbons (Fsp3) is 0.208. The lowest BCUT2D eigenvalue weighted by Gasteiger charge is -2.15. The maximum Gasteiger partial charge on any atom is 0.271 e. The van der Waals surface area contributed by atoms with Crippen LogP contribution >= 0.6 is 0 Å². The largest absolute Gasteiger partial charge is 0.326 e. The van der Waals surface area contributed by atoms with E-state index in [1.165, 1.54) is 23.7 Å².